The Bertz CT molecular complexity index is 395. The van der Waals surface area contributed by atoms with Crippen molar-refractivity contribution < 1.29 is 9.47 Å². The molecule has 1 aromatic rings. The molecular formula is C14H22N2O2. The molecule has 2 N–H and O–H groups in total. The van der Waals surface area contributed by atoms with Crippen LogP contribution in [0.15, 0.2) is 18.2 Å². The molecule has 100 valence electrons. The summed E-state index contributed by atoms with van der Waals surface area (Å²) in [6, 6.07) is 6.21. The van der Waals surface area contributed by atoms with Crippen LogP contribution in [0.4, 0.5) is 5.69 Å². The molecule has 1 aliphatic heterocycles. The van der Waals surface area contributed by atoms with Crippen molar-refractivity contribution in [2.75, 3.05) is 33.0 Å². The third-order valence-corrected chi connectivity index (χ3v) is 3.60. The maximum Gasteiger partial charge on any atom is 0.145 e. The lowest BCUT2D eigenvalue weighted by atomic mass is 10.1. The lowest BCUT2D eigenvalue weighted by Crippen LogP contribution is -2.26. The number of nitrogens with zero attached hydrogens (tertiary/aromatic N) is 1. The number of rotatable bonds is 5. The van der Waals surface area contributed by atoms with Crippen LogP contribution >= 0.6 is 0 Å². The molecule has 0 amide bonds. The summed E-state index contributed by atoms with van der Waals surface area (Å²) in [5.41, 5.74) is 6.40. The maximum atomic E-state index is 5.76. The molecule has 1 heterocycles. The summed E-state index contributed by atoms with van der Waals surface area (Å²) in [6.07, 6.45) is 3.66. The van der Waals surface area contributed by atoms with Gasteiger partial charge in [-0.1, -0.05) is 0 Å². The van der Waals surface area contributed by atoms with Crippen molar-refractivity contribution in [3.8, 4) is 11.5 Å². The zero-order valence-corrected chi connectivity index (χ0v) is 11.2. The molecule has 1 saturated heterocycles. The van der Waals surface area contributed by atoms with Gasteiger partial charge in [-0.2, -0.15) is 0 Å². The average molecular weight is 250 g/mol. The summed E-state index contributed by atoms with van der Waals surface area (Å²) < 4.78 is 10.9. The highest BCUT2D eigenvalue weighted by atomic mass is 16.5. The SMILES string of the molecule is COc1cc(OCC[C@H]2CCCN2C)ccc1N. The van der Waals surface area contributed by atoms with Crippen molar-refractivity contribution >= 4 is 5.69 Å². The van der Waals surface area contributed by atoms with Gasteiger partial charge < -0.3 is 20.1 Å². The van der Waals surface area contributed by atoms with Crippen LogP contribution in [0.25, 0.3) is 0 Å². The number of nitrogens with two attached hydrogens (primary N) is 1. The molecule has 0 saturated carbocycles. The Labute approximate surface area is 109 Å². The van der Waals surface area contributed by atoms with Gasteiger partial charge in [0.15, 0.2) is 0 Å². The molecule has 0 aliphatic carbocycles. The Hall–Kier alpha value is -1.42. The van der Waals surface area contributed by atoms with Crippen LogP contribution in [0.1, 0.15) is 19.3 Å². The Kier molecular flexibility index (Phi) is 4.31. The lowest BCUT2D eigenvalue weighted by molar-refractivity contribution is 0.233. The number of hydrogen-bond donors (Lipinski definition) is 1. The molecule has 1 atom stereocenters. The molecular weight excluding hydrogens is 228 g/mol. The summed E-state index contributed by atoms with van der Waals surface area (Å²) in [5, 5.41) is 0. The zero-order valence-electron chi connectivity index (χ0n) is 11.2. The fraction of sp³-hybridized carbons (Fsp3) is 0.571. The molecule has 18 heavy (non-hydrogen) atoms. The van der Waals surface area contributed by atoms with Crippen LogP contribution in [0.2, 0.25) is 0 Å². The fourth-order valence-corrected chi connectivity index (χ4v) is 2.44. The predicted octanol–water partition coefficient (Wildman–Crippen LogP) is 2.14. The number of benzene rings is 1. The highest BCUT2D eigenvalue weighted by molar-refractivity contribution is 5.55. The van der Waals surface area contributed by atoms with Crippen molar-refractivity contribution in [1.82, 2.24) is 4.90 Å². The standard InChI is InChI=1S/C14H22N2O2/c1-16-8-3-4-11(16)7-9-18-12-5-6-13(15)14(10-12)17-2/h5-6,10-11H,3-4,7-9,15H2,1-2H3/t11-/m1/s1. The van der Waals surface area contributed by atoms with Gasteiger partial charge >= 0.3 is 0 Å². The van der Waals surface area contributed by atoms with Gasteiger partial charge in [0, 0.05) is 12.1 Å². The molecule has 0 bridgehead atoms. The molecule has 2 rings (SSSR count). The summed E-state index contributed by atoms with van der Waals surface area (Å²) in [4.78, 5) is 2.41. The van der Waals surface area contributed by atoms with E-state index < -0.39 is 0 Å². The molecule has 0 spiro atoms. The highest BCUT2D eigenvalue weighted by Gasteiger charge is 2.20. The van der Waals surface area contributed by atoms with Crippen LogP contribution in [0.5, 0.6) is 11.5 Å². The third kappa shape index (κ3) is 3.07. The van der Waals surface area contributed by atoms with Gasteiger partial charge in [0.25, 0.3) is 0 Å². The van der Waals surface area contributed by atoms with Crippen molar-refractivity contribution in [1.29, 1.82) is 0 Å². The number of methoxy groups -OCH3 is 1. The van der Waals surface area contributed by atoms with E-state index in [0.29, 0.717) is 17.5 Å². The summed E-state index contributed by atoms with van der Waals surface area (Å²) in [5.74, 6) is 1.49. The quantitative estimate of drug-likeness (QED) is 0.813. The number of ether oxygens (including phenoxy) is 2. The van der Waals surface area contributed by atoms with Gasteiger partial charge in [-0.3, -0.25) is 0 Å². The minimum atomic E-state index is 0.639. The first-order valence-corrected chi connectivity index (χ1v) is 6.47. The molecule has 4 nitrogen and oxygen atoms in total. The molecule has 1 fully saturated rings. The largest absolute Gasteiger partial charge is 0.494 e. The Morgan fingerprint density at radius 3 is 2.94 bits per heavy atom. The normalized spacial score (nSPS) is 20.0. The van der Waals surface area contributed by atoms with Crippen molar-refractivity contribution in [2.24, 2.45) is 0 Å². The minimum absolute atomic E-state index is 0.639. The third-order valence-electron chi connectivity index (χ3n) is 3.60. The lowest BCUT2D eigenvalue weighted by Gasteiger charge is -2.19. The molecule has 1 aromatic carbocycles. The van der Waals surface area contributed by atoms with Gasteiger partial charge in [0.1, 0.15) is 11.5 Å². The van der Waals surface area contributed by atoms with Crippen LogP contribution < -0.4 is 15.2 Å². The topological polar surface area (TPSA) is 47.7 Å². The van der Waals surface area contributed by atoms with E-state index >= 15 is 0 Å². The Morgan fingerprint density at radius 2 is 2.28 bits per heavy atom. The van der Waals surface area contributed by atoms with Crippen LogP contribution in [0, 0.1) is 0 Å². The first-order chi connectivity index (χ1) is 8.70. The molecule has 0 unspecified atom stereocenters. The summed E-state index contributed by atoms with van der Waals surface area (Å²) in [6.45, 7) is 1.95. The van der Waals surface area contributed by atoms with Crippen LogP contribution in [-0.4, -0.2) is 38.3 Å². The second kappa shape index (κ2) is 5.96. The van der Waals surface area contributed by atoms with Crippen LogP contribution in [-0.2, 0) is 0 Å². The number of hydrogen-bond acceptors (Lipinski definition) is 4. The number of nitrogen functional groups attached to an aromatic ring is 1. The predicted molar refractivity (Wildman–Crippen MR) is 73.2 cm³/mol. The first kappa shape index (κ1) is 13.0. The van der Waals surface area contributed by atoms with E-state index in [4.69, 9.17) is 15.2 Å². The van der Waals surface area contributed by atoms with Gasteiger partial charge in [-0.05, 0) is 45.0 Å². The Morgan fingerprint density at radius 1 is 1.44 bits per heavy atom. The molecule has 4 heteroatoms. The highest BCUT2D eigenvalue weighted by Crippen LogP contribution is 2.27. The number of anilines is 1. The number of likely N-dealkylation sites (tertiary alicyclic amines) is 1. The summed E-state index contributed by atoms with van der Waals surface area (Å²) in [7, 11) is 3.80. The molecule has 1 aliphatic rings. The van der Waals surface area contributed by atoms with E-state index in [0.717, 1.165) is 18.8 Å². The molecule has 0 aromatic heterocycles. The van der Waals surface area contributed by atoms with E-state index in [1.807, 2.05) is 18.2 Å². The summed E-state index contributed by atoms with van der Waals surface area (Å²) >= 11 is 0. The minimum Gasteiger partial charge on any atom is -0.494 e. The van der Waals surface area contributed by atoms with Crippen molar-refractivity contribution in [2.45, 2.75) is 25.3 Å². The van der Waals surface area contributed by atoms with Gasteiger partial charge in [-0.15, -0.1) is 0 Å². The zero-order chi connectivity index (χ0) is 13.0. The second-order valence-electron chi connectivity index (χ2n) is 4.82. The van der Waals surface area contributed by atoms with Crippen LogP contribution in [0.3, 0.4) is 0 Å². The van der Waals surface area contributed by atoms with Gasteiger partial charge in [-0.25, -0.2) is 0 Å². The van der Waals surface area contributed by atoms with E-state index in [-0.39, 0.29) is 0 Å². The Balaban J connectivity index is 1.83. The average Bonchev–Trinajstić information content (AvgIpc) is 2.77. The second-order valence-corrected chi connectivity index (χ2v) is 4.82. The molecule has 0 radical (unpaired) electrons. The van der Waals surface area contributed by atoms with Gasteiger partial charge in [0.2, 0.25) is 0 Å². The smallest absolute Gasteiger partial charge is 0.145 e. The van der Waals surface area contributed by atoms with Crippen molar-refractivity contribution in [3.63, 3.8) is 0 Å². The fourth-order valence-electron chi connectivity index (χ4n) is 2.44. The van der Waals surface area contributed by atoms with E-state index in [2.05, 4.69) is 11.9 Å². The maximum absolute atomic E-state index is 5.76. The van der Waals surface area contributed by atoms with Crippen molar-refractivity contribution in [3.05, 3.63) is 18.2 Å². The first-order valence-electron chi connectivity index (χ1n) is 6.47. The van der Waals surface area contributed by atoms with Gasteiger partial charge in [0.05, 0.1) is 19.4 Å². The van der Waals surface area contributed by atoms with E-state index in [1.54, 1.807) is 7.11 Å². The van der Waals surface area contributed by atoms with E-state index in [1.165, 1.54) is 19.4 Å². The van der Waals surface area contributed by atoms with E-state index in [9.17, 15) is 0 Å². The monoisotopic (exact) mass is 250 g/mol.